The lowest BCUT2D eigenvalue weighted by molar-refractivity contribution is -0.505. The van der Waals surface area contributed by atoms with E-state index in [0.717, 1.165) is 11.0 Å². The zero-order valence-corrected chi connectivity index (χ0v) is 6.06. The third kappa shape index (κ3) is 0.972. The van der Waals surface area contributed by atoms with Gasteiger partial charge in [0.25, 0.3) is 5.95 Å². The first-order chi connectivity index (χ1) is 6.20. The molecule has 0 bridgehead atoms. The van der Waals surface area contributed by atoms with E-state index in [9.17, 15) is 14.9 Å². The summed E-state index contributed by atoms with van der Waals surface area (Å²) in [6.45, 7) is 0. The Kier molecular flexibility index (Phi) is 1.38. The Balaban J connectivity index is 2.47. The first kappa shape index (κ1) is 7.46. The molecule has 0 aliphatic carbocycles. The largest absolute Gasteiger partial charge is 0.400 e. The van der Waals surface area contributed by atoms with Crippen LogP contribution >= 0.6 is 0 Å². The summed E-state index contributed by atoms with van der Waals surface area (Å²) in [6, 6.07) is 0. The molecule has 1 aromatic heterocycles. The molecule has 1 aliphatic rings. The molecule has 2 heterocycles. The number of aromatic nitrogens is 3. The minimum Gasteiger partial charge on any atom is -0.262 e. The molecule has 0 fully saturated rings. The van der Waals surface area contributed by atoms with Crippen molar-refractivity contribution in [3.8, 4) is 0 Å². The monoisotopic (exact) mass is 182 g/mol. The van der Waals surface area contributed by atoms with Crippen LogP contribution in [0.4, 0.5) is 5.95 Å². The highest BCUT2D eigenvalue weighted by molar-refractivity contribution is 5.84. The molecule has 9 nitrogen and oxygen atoms in total. The normalized spacial score (nSPS) is 20.0. The number of hydrogen-bond acceptors (Lipinski definition) is 7. The Hall–Kier alpha value is -2.19. The minimum absolute atomic E-state index is 0.0388. The molecular formula is C4H2N6O3. The highest BCUT2D eigenvalue weighted by Gasteiger charge is 2.36. The van der Waals surface area contributed by atoms with Crippen molar-refractivity contribution in [2.24, 2.45) is 10.2 Å². The summed E-state index contributed by atoms with van der Waals surface area (Å²) in [5.41, 5.74) is 0. The second-order valence-electron chi connectivity index (χ2n) is 2.18. The first-order valence-corrected chi connectivity index (χ1v) is 3.19. The van der Waals surface area contributed by atoms with Crippen LogP contribution in [-0.4, -0.2) is 31.8 Å². The smallest absolute Gasteiger partial charge is 0.262 e. The summed E-state index contributed by atoms with van der Waals surface area (Å²) < 4.78 is 0.750. The maximum atomic E-state index is 11.2. The van der Waals surface area contributed by atoms with Gasteiger partial charge < -0.3 is 0 Å². The van der Waals surface area contributed by atoms with Crippen molar-refractivity contribution in [2.75, 3.05) is 0 Å². The molecule has 0 spiro atoms. The standard InChI is InChI=1S/C4H2N6O3/c11-3-2(10(12)13)7-8-4-5-1-6-9(3)4/h1-2H. The number of nitro groups is 1. The molecule has 66 valence electrons. The quantitative estimate of drug-likeness (QED) is 0.433. The van der Waals surface area contributed by atoms with Crippen molar-refractivity contribution in [3.63, 3.8) is 0 Å². The van der Waals surface area contributed by atoms with Gasteiger partial charge in [-0.3, -0.25) is 14.9 Å². The van der Waals surface area contributed by atoms with Gasteiger partial charge >= 0.3 is 12.1 Å². The van der Waals surface area contributed by atoms with E-state index in [0.29, 0.717) is 0 Å². The van der Waals surface area contributed by atoms with Crippen molar-refractivity contribution < 1.29 is 9.72 Å². The summed E-state index contributed by atoms with van der Waals surface area (Å²) >= 11 is 0. The van der Waals surface area contributed by atoms with Gasteiger partial charge in [0.05, 0.1) is 4.92 Å². The molecule has 0 saturated carbocycles. The zero-order valence-electron chi connectivity index (χ0n) is 6.06. The van der Waals surface area contributed by atoms with Gasteiger partial charge in [-0.2, -0.15) is 9.67 Å². The second kappa shape index (κ2) is 2.40. The van der Waals surface area contributed by atoms with Gasteiger partial charge in [-0.15, -0.1) is 10.2 Å². The topological polar surface area (TPSA) is 116 Å². The van der Waals surface area contributed by atoms with Crippen LogP contribution in [0, 0.1) is 10.1 Å². The maximum Gasteiger partial charge on any atom is 0.400 e. The second-order valence-corrected chi connectivity index (χ2v) is 2.18. The van der Waals surface area contributed by atoms with E-state index in [2.05, 4.69) is 20.3 Å². The van der Waals surface area contributed by atoms with Gasteiger partial charge in [0.1, 0.15) is 6.33 Å². The van der Waals surface area contributed by atoms with E-state index in [-0.39, 0.29) is 5.95 Å². The predicted molar refractivity (Wildman–Crippen MR) is 35.9 cm³/mol. The molecule has 1 atom stereocenters. The summed E-state index contributed by atoms with van der Waals surface area (Å²) in [4.78, 5) is 24.2. The lowest BCUT2D eigenvalue weighted by Crippen LogP contribution is -2.34. The Bertz CT molecular complexity index is 408. The van der Waals surface area contributed by atoms with Crippen molar-refractivity contribution in [1.29, 1.82) is 0 Å². The highest BCUT2D eigenvalue weighted by Crippen LogP contribution is 2.15. The van der Waals surface area contributed by atoms with Gasteiger partial charge in [-0.05, 0) is 0 Å². The number of azo groups is 1. The van der Waals surface area contributed by atoms with Crippen molar-refractivity contribution in [2.45, 2.75) is 6.17 Å². The van der Waals surface area contributed by atoms with Gasteiger partial charge in [0.15, 0.2) is 0 Å². The number of rotatable bonds is 1. The van der Waals surface area contributed by atoms with Crippen LogP contribution in [0.3, 0.4) is 0 Å². The Morgan fingerprint density at radius 3 is 3.08 bits per heavy atom. The molecule has 0 aromatic carbocycles. The van der Waals surface area contributed by atoms with Crippen molar-refractivity contribution in [1.82, 2.24) is 14.8 Å². The van der Waals surface area contributed by atoms with Crippen LogP contribution in [0.15, 0.2) is 16.6 Å². The Labute approximate surface area is 70.2 Å². The van der Waals surface area contributed by atoms with Crippen LogP contribution in [0.2, 0.25) is 0 Å². The van der Waals surface area contributed by atoms with Crippen molar-refractivity contribution >= 4 is 11.9 Å². The molecule has 0 N–H and O–H groups in total. The molecular weight excluding hydrogens is 180 g/mol. The van der Waals surface area contributed by atoms with Crippen LogP contribution in [0.1, 0.15) is 4.79 Å². The summed E-state index contributed by atoms with van der Waals surface area (Å²) in [5.74, 6) is -0.893. The van der Waals surface area contributed by atoms with Gasteiger partial charge in [-0.25, -0.2) is 0 Å². The molecule has 1 unspecified atom stereocenters. The van der Waals surface area contributed by atoms with Crippen LogP contribution in [0.25, 0.3) is 0 Å². The molecule has 13 heavy (non-hydrogen) atoms. The number of nitrogens with zero attached hydrogens (tertiary/aromatic N) is 6. The van der Waals surface area contributed by atoms with E-state index in [1.807, 2.05) is 0 Å². The zero-order chi connectivity index (χ0) is 9.42. The SMILES string of the molecule is O=C1C([N+](=O)[O-])N=Nc2ncnn21. The summed E-state index contributed by atoms with van der Waals surface area (Å²) in [7, 11) is 0. The number of carbonyl (C=O) groups excluding carboxylic acids is 1. The molecule has 2 rings (SSSR count). The first-order valence-electron chi connectivity index (χ1n) is 3.19. The highest BCUT2D eigenvalue weighted by atomic mass is 16.6. The summed E-state index contributed by atoms with van der Waals surface area (Å²) in [6.07, 6.45) is -0.622. The molecule has 0 saturated heterocycles. The Morgan fingerprint density at radius 2 is 2.38 bits per heavy atom. The van der Waals surface area contributed by atoms with E-state index >= 15 is 0 Å². The molecule has 9 heteroatoms. The molecule has 0 amide bonds. The summed E-state index contributed by atoms with van der Waals surface area (Å²) in [5, 5.41) is 20.3. The fourth-order valence-electron chi connectivity index (χ4n) is 0.857. The van der Waals surface area contributed by atoms with E-state index in [1.165, 1.54) is 0 Å². The van der Waals surface area contributed by atoms with E-state index in [1.54, 1.807) is 0 Å². The third-order valence-electron chi connectivity index (χ3n) is 1.42. The number of carbonyl (C=O) groups is 1. The van der Waals surface area contributed by atoms with Crippen LogP contribution in [-0.2, 0) is 0 Å². The van der Waals surface area contributed by atoms with Gasteiger partial charge in [0.2, 0.25) is 0 Å². The lowest BCUT2D eigenvalue weighted by atomic mass is 10.5. The van der Waals surface area contributed by atoms with E-state index < -0.39 is 17.0 Å². The Morgan fingerprint density at radius 1 is 1.62 bits per heavy atom. The molecule has 0 radical (unpaired) electrons. The minimum atomic E-state index is -1.70. The van der Waals surface area contributed by atoms with Crippen LogP contribution < -0.4 is 0 Å². The van der Waals surface area contributed by atoms with Gasteiger partial charge in [-0.1, -0.05) is 5.11 Å². The fraction of sp³-hybridized carbons (Fsp3) is 0.250. The third-order valence-corrected chi connectivity index (χ3v) is 1.42. The maximum absolute atomic E-state index is 11.2. The number of hydrogen-bond donors (Lipinski definition) is 0. The van der Waals surface area contributed by atoms with Crippen molar-refractivity contribution in [3.05, 3.63) is 16.4 Å². The fourth-order valence-corrected chi connectivity index (χ4v) is 0.857. The van der Waals surface area contributed by atoms with E-state index in [4.69, 9.17) is 0 Å². The number of fused-ring (bicyclic) bond motifs is 1. The molecule has 1 aromatic rings. The average molecular weight is 182 g/mol. The average Bonchev–Trinajstić information content (AvgIpc) is 2.52. The predicted octanol–water partition coefficient (Wildman–Crippen LogP) is -0.382. The van der Waals surface area contributed by atoms with Crippen LogP contribution in [0.5, 0.6) is 0 Å². The lowest BCUT2D eigenvalue weighted by Gasteiger charge is -2.06. The van der Waals surface area contributed by atoms with Gasteiger partial charge in [0, 0.05) is 0 Å². The molecule has 1 aliphatic heterocycles.